The van der Waals surface area contributed by atoms with E-state index < -0.39 is 7.12 Å². The van der Waals surface area contributed by atoms with Crippen molar-refractivity contribution in [3.05, 3.63) is 28.7 Å². The number of methoxy groups -OCH3 is 1. The topological polar surface area (TPSA) is 62.6 Å². The molecule has 6 heteroatoms. The number of hydrogen-bond donors (Lipinski definition) is 2. The molecule has 1 aromatic heterocycles. The van der Waals surface area contributed by atoms with Crippen LogP contribution in [-0.4, -0.2) is 29.3 Å². The third kappa shape index (κ3) is 2.04. The minimum Gasteiger partial charge on any atom is -0.481 e. The molecule has 0 saturated heterocycles. The van der Waals surface area contributed by atoms with Gasteiger partial charge in [0.05, 0.1) is 12.6 Å². The number of fused-ring (bicyclic) bond motifs is 1. The monoisotopic (exact) mass is 281 g/mol. The summed E-state index contributed by atoms with van der Waals surface area (Å²) in [5.41, 5.74) is 0.993. The molecule has 2 rings (SSSR count). The number of rotatable bonds is 2. The van der Waals surface area contributed by atoms with Crippen molar-refractivity contribution < 1.29 is 14.8 Å². The zero-order chi connectivity index (χ0) is 11.7. The fraction of sp³-hybridized carbons (Fsp3) is 0.100. The smallest absolute Gasteiger partial charge is 0.481 e. The van der Waals surface area contributed by atoms with Gasteiger partial charge in [0.2, 0.25) is 5.88 Å². The summed E-state index contributed by atoms with van der Waals surface area (Å²) in [6.07, 6.45) is 0. The molecule has 0 atom stereocenters. The first-order valence-corrected chi connectivity index (χ1v) is 5.41. The van der Waals surface area contributed by atoms with E-state index in [1.165, 1.54) is 7.11 Å². The first-order valence-electron chi connectivity index (χ1n) is 4.62. The zero-order valence-corrected chi connectivity index (χ0v) is 10.1. The number of halogens is 1. The summed E-state index contributed by atoms with van der Waals surface area (Å²) < 4.78 is 5.92. The van der Waals surface area contributed by atoms with Gasteiger partial charge in [-0.1, -0.05) is 22.0 Å². The van der Waals surface area contributed by atoms with Crippen molar-refractivity contribution in [1.82, 2.24) is 4.98 Å². The van der Waals surface area contributed by atoms with Crippen LogP contribution in [0.2, 0.25) is 0 Å². The van der Waals surface area contributed by atoms with Gasteiger partial charge >= 0.3 is 7.12 Å². The van der Waals surface area contributed by atoms with Crippen molar-refractivity contribution in [2.45, 2.75) is 0 Å². The summed E-state index contributed by atoms with van der Waals surface area (Å²) in [6, 6.07) is 7.20. The normalized spacial score (nSPS) is 10.5. The Hall–Kier alpha value is -1.11. The lowest BCUT2D eigenvalue weighted by atomic mass is 9.80. The predicted octanol–water partition coefficient (Wildman–Crippen LogP) is 0.686. The molecule has 0 saturated carbocycles. The Balaban J connectivity index is 2.70. The van der Waals surface area contributed by atoms with Gasteiger partial charge in [0, 0.05) is 15.3 Å². The number of benzene rings is 1. The maximum Gasteiger partial charge on any atom is 0.494 e. The van der Waals surface area contributed by atoms with Crippen LogP contribution in [0.5, 0.6) is 5.88 Å². The Kier molecular flexibility index (Phi) is 3.14. The summed E-state index contributed by atoms with van der Waals surface area (Å²) in [5, 5.41) is 19.2. The fourth-order valence-electron chi connectivity index (χ4n) is 1.49. The van der Waals surface area contributed by atoms with Gasteiger partial charge in [0.15, 0.2) is 0 Å². The lowest BCUT2D eigenvalue weighted by molar-refractivity contribution is 0.392. The van der Waals surface area contributed by atoms with Gasteiger partial charge in [-0.05, 0) is 18.2 Å². The fourth-order valence-corrected chi connectivity index (χ4v) is 1.84. The lowest BCUT2D eigenvalue weighted by Crippen LogP contribution is -2.31. The van der Waals surface area contributed by atoms with E-state index in [-0.39, 0.29) is 11.3 Å². The van der Waals surface area contributed by atoms with E-state index in [0.29, 0.717) is 0 Å². The van der Waals surface area contributed by atoms with Crippen molar-refractivity contribution in [2.75, 3.05) is 7.11 Å². The molecular weight excluding hydrogens is 273 g/mol. The van der Waals surface area contributed by atoms with Crippen LogP contribution in [0, 0.1) is 0 Å². The van der Waals surface area contributed by atoms with Crippen molar-refractivity contribution in [2.24, 2.45) is 0 Å². The number of pyridine rings is 1. The highest BCUT2D eigenvalue weighted by Gasteiger charge is 2.19. The lowest BCUT2D eigenvalue weighted by Gasteiger charge is -2.08. The van der Waals surface area contributed by atoms with Gasteiger partial charge in [0.25, 0.3) is 0 Å². The molecular formula is C10H9BBrNO3. The van der Waals surface area contributed by atoms with Crippen LogP contribution in [0.3, 0.4) is 0 Å². The Bertz CT molecular complexity index is 533. The molecule has 0 unspecified atom stereocenters. The minimum atomic E-state index is -1.59. The average molecular weight is 282 g/mol. The van der Waals surface area contributed by atoms with E-state index >= 15 is 0 Å². The van der Waals surface area contributed by atoms with Gasteiger partial charge < -0.3 is 14.8 Å². The summed E-state index contributed by atoms with van der Waals surface area (Å²) in [6.45, 7) is 0. The van der Waals surface area contributed by atoms with E-state index in [1.54, 1.807) is 6.07 Å². The van der Waals surface area contributed by atoms with E-state index in [9.17, 15) is 10.0 Å². The van der Waals surface area contributed by atoms with Gasteiger partial charge in [0.1, 0.15) is 0 Å². The first-order chi connectivity index (χ1) is 7.61. The van der Waals surface area contributed by atoms with E-state index in [1.807, 2.05) is 18.2 Å². The van der Waals surface area contributed by atoms with Crippen LogP contribution < -0.4 is 10.2 Å². The highest BCUT2D eigenvalue weighted by molar-refractivity contribution is 9.10. The SMILES string of the molecule is COc1nc2cc(Br)ccc2cc1B(O)O. The molecule has 1 aromatic carbocycles. The highest BCUT2D eigenvalue weighted by atomic mass is 79.9. The molecule has 16 heavy (non-hydrogen) atoms. The Morgan fingerprint density at radius 3 is 2.69 bits per heavy atom. The molecule has 0 spiro atoms. The van der Waals surface area contributed by atoms with Gasteiger partial charge in [-0.25, -0.2) is 4.98 Å². The third-order valence-corrected chi connectivity index (χ3v) is 2.74. The number of ether oxygens (including phenoxy) is 1. The van der Waals surface area contributed by atoms with Crippen molar-refractivity contribution in [3.8, 4) is 5.88 Å². The predicted molar refractivity (Wildman–Crippen MR) is 65.8 cm³/mol. The second kappa shape index (κ2) is 4.41. The molecule has 4 nitrogen and oxygen atoms in total. The quantitative estimate of drug-likeness (QED) is 0.795. The van der Waals surface area contributed by atoms with E-state index in [4.69, 9.17) is 4.74 Å². The molecule has 0 bridgehead atoms. The van der Waals surface area contributed by atoms with Crippen LogP contribution in [0.15, 0.2) is 28.7 Å². The summed E-state index contributed by atoms with van der Waals surface area (Å²) in [5.74, 6) is 0.223. The van der Waals surface area contributed by atoms with E-state index in [0.717, 1.165) is 15.4 Å². The number of nitrogens with zero attached hydrogens (tertiary/aromatic N) is 1. The maximum absolute atomic E-state index is 9.18. The average Bonchev–Trinajstić information content (AvgIpc) is 2.26. The second-order valence-corrected chi connectivity index (χ2v) is 4.21. The third-order valence-electron chi connectivity index (χ3n) is 2.24. The van der Waals surface area contributed by atoms with Crippen molar-refractivity contribution in [3.63, 3.8) is 0 Å². The van der Waals surface area contributed by atoms with Crippen LogP contribution >= 0.6 is 15.9 Å². The maximum atomic E-state index is 9.18. The molecule has 82 valence electrons. The first kappa shape index (κ1) is 11.4. The number of aromatic nitrogens is 1. The Labute approximate surface area is 101 Å². The summed E-state index contributed by atoms with van der Waals surface area (Å²) in [7, 11) is -0.145. The van der Waals surface area contributed by atoms with Crippen molar-refractivity contribution >= 4 is 39.4 Å². The Morgan fingerprint density at radius 2 is 2.06 bits per heavy atom. The van der Waals surface area contributed by atoms with Gasteiger partial charge in [-0.15, -0.1) is 0 Å². The highest BCUT2D eigenvalue weighted by Crippen LogP contribution is 2.19. The number of hydrogen-bond acceptors (Lipinski definition) is 4. The molecule has 0 radical (unpaired) electrons. The zero-order valence-electron chi connectivity index (χ0n) is 8.51. The molecule has 2 N–H and O–H groups in total. The summed E-state index contributed by atoms with van der Waals surface area (Å²) >= 11 is 3.35. The van der Waals surface area contributed by atoms with Gasteiger partial charge in [-0.2, -0.15) is 0 Å². The Morgan fingerprint density at radius 1 is 1.31 bits per heavy atom. The molecule has 0 fully saturated rings. The standard InChI is InChI=1S/C10H9BBrNO3/c1-16-10-8(11(14)15)4-6-2-3-7(12)5-9(6)13-10/h2-5,14-15H,1H3. The molecule has 0 aliphatic rings. The molecule has 0 aliphatic carbocycles. The summed E-state index contributed by atoms with van der Waals surface area (Å²) in [4.78, 5) is 4.20. The molecule has 0 aliphatic heterocycles. The second-order valence-electron chi connectivity index (χ2n) is 3.30. The molecule has 1 heterocycles. The largest absolute Gasteiger partial charge is 0.494 e. The van der Waals surface area contributed by atoms with E-state index in [2.05, 4.69) is 20.9 Å². The van der Waals surface area contributed by atoms with Crippen LogP contribution in [0.25, 0.3) is 10.9 Å². The minimum absolute atomic E-state index is 0.223. The van der Waals surface area contributed by atoms with Crippen LogP contribution in [0.4, 0.5) is 0 Å². The molecule has 2 aromatic rings. The van der Waals surface area contributed by atoms with Crippen molar-refractivity contribution in [1.29, 1.82) is 0 Å². The molecule has 0 amide bonds. The van der Waals surface area contributed by atoms with Crippen LogP contribution in [0.1, 0.15) is 0 Å². The van der Waals surface area contributed by atoms with Gasteiger partial charge in [-0.3, -0.25) is 0 Å². The van der Waals surface area contributed by atoms with Crippen LogP contribution in [-0.2, 0) is 0 Å².